The highest BCUT2D eigenvalue weighted by molar-refractivity contribution is 5.76. The SMILES string of the molecule is CC(C)CC(C)(C)C(=O)OC(C)C1CCCC1O. The standard InChI is InChI=1S/C15H28O3/c1-10(2)9-15(4,5)14(17)18-11(3)12-7-6-8-13(12)16/h10-13,16H,6-9H2,1-5H3. The van der Waals surface area contributed by atoms with E-state index in [2.05, 4.69) is 13.8 Å². The molecule has 0 bridgehead atoms. The Morgan fingerprint density at radius 3 is 2.39 bits per heavy atom. The van der Waals surface area contributed by atoms with Crippen LogP contribution in [0.3, 0.4) is 0 Å². The van der Waals surface area contributed by atoms with Gasteiger partial charge in [-0.3, -0.25) is 4.79 Å². The Hall–Kier alpha value is -0.570. The number of hydrogen-bond acceptors (Lipinski definition) is 3. The van der Waals surface area contributed by atoms with Crippen molar-refractivity contribution in [2.24, 2.45) is 17.3 Å². The van der Waals surface area contributed by atoms with Crippen molar-refractivity contribution in [3.63, 3.8) is 0 Å². The van der Waals surface area contributed by atoms with Crippen molar-refractivity contribution in [1.82, 2.24) is 0 Å². The van der Waals surface area contributed by atoms with E-state index in [0.29, 0.717) is 5.92 Å². The average Bonchev–Trinajstić information content (AvgIpc) is 2.62. The highest BCUT2D eigenvalue weighted by atomic mass is 16.5. The van der Waals surface area contributed by atoms with Crippen LogP contribution in [-0.2, 0) is 9.53 Å². The number of aliphatic hydroxyl groups excluding tert-OH is 1. The van der Waals surface area contributed by atoms with E-state index in [4.69, 9.17) is 4.74 Å². The first-order chi connectivity index (χ1) is 8.24. The fraction of sp³-hybridized carbons (Fsp3) is 0.933. The lowest BCUT2D eigenvalue weighted by atomic mass is 9.84. The van der Waals surface area contributed by atoms with Gasteiger partial charge in [-0.2, -0.15) is 0 Å². The van der Waals surface area contributed by atoms with Crippen LogP contribution in [0.2, 0.25) is 0 Å². The van der Waals surface area contributed by atoms with E-state index in [9.17, 15) is 9.90 Å². The summed E-state index contributed by atoms with van der Waals surface area (Å²) in [5.74, 6) is 0.450. The van der Waals surface area contributed by atoms with Crippen LogP contribution in [0.25, 0.3) is 0 Å². The van der Waals surface area contributed by atoms with E-state index in [0.717, 1.165) is 25.7 Å². The minimum atomic E-state index is -0.439. The zero-order chi connectivity index (χ0) is 13.9. The quantitative estimate of drug-likeness (QED) is 0.769. The van der Waals surface area contributed by atoms with Crippen molar-refractivity contribution in [2.45, 2.75) is 72.5 Å². The Morgan fingerprint density at radius 1 is 1.33 bits per heavy atom. The van der Waals surface area contributed by atoms with Crippen LogP contribution in [0.15, 0.2) is 0 Å². The molecule has 1 saturated carbocycles. The summed E-state index contributed by atoms with van der Waals surface area (Å²) in [6.45, 7) is 10.0. The van der Waals surface area contributed by atoms with E-state index in [1.54, 1.807) is 0 Å². The Morgan fingerprint density at radius 2 is 1.94 bits per heavy atom. The Bertz CT molecular complexity index is 283. The molecule has 1 rings (SSSR count). The van der Waals surface area contributed by atoms with Gasteiger partial charge in [0.15, 0.2) is 0 Å². The van der Waals surface area contributed by atoms with Crippen LogP contribution >= 0.6 is 0 Å². The van der Waals surface area contributed by atoms with Crippen LogP contribution in [0, 0.1) is 17.3 Å². The third kappa shape index (κ3) is 3.98. The molecule has 1 fully saturated rings. The molecule has 3 heteroatoms. The van der Waals surface area contributed by atoms with Crippen molar-refractivity contribution in [3.05, 3.63) is 0 Å². The molecule has 0 heterocycles. The third-order valence-corrected chi connectivity index (χ3v) is 3.90. The van der Waals surface area contributed by atoms with Gasteiger partial charge in [0.05, 0.1) is 11.5 Å². The lowest BCUT2D eigenvalue weighted by Gasteiger charge is -2.29. The maximum Gasteiger partial charge on any atom is 0.311 e. The molecular formula is C15H28O3. The number of esters is 1. The van der Waals surface area contributed by atoms with Gasteiger partial charge in [-0.15, -0.1) is 0 Å². The molecule has 0 amide bonds. The zero-order valence-corrected chi connectivity index (χ0v) is 12.4. The monoisotopic (exact) mass is 256 g/mol. The molecule has 0 aliphatic heterocycles. The van der Waals surface area contributed by atoms with Crippen molar-refractivity contribution in [2.75, 3.05) is 0 Å². The molecule has 3 nitrogen and oxygen atoms in total. The van der Waals surface area contributed by atoms with Crippen LogP contribution in [-0.4, -0.2) is 23.3 Å². The molecule has 0 radical (unpaired) electrons. The van der Waals surface area contributed by atoms with Gasteiger partial charge in [0.25, 0.3) is 0 Å². The maximum absolute atomic E-state index is 12.2. The topological polar surface area (TPSA) is 46.5 Å². The number of hydrogen-bond donors (Lipinski definition) is 1. The molecular weight excluding hydrogens is 228 g/mol. The largest absolute Gasteiger partial charge is 0.462 e. The van der Waals surface area contributed by atoms with Gasteiger partial charge in [0.2, 0.25) is 0 Å². The lowest BCUT2D eigenvalue weighted by Crippen LogP contribution is -2.35. The first-order valence-corrected chi connectivity index (χ1v) is 7.13. The molecule has 1 aliphatic carbocycles. The molecule has 1 N–H and O–H groups in total. The minimum absolute atomic E-state index is 0.115. The van der Waals surface area contributed by atoms with E-state index in [1.165, 1.54) is 0 Å². The second-order valence-electron chi connectivity index (χ2n) is 6.75. The summed E-state index contributed by atoms with van der Waals surface area (Å²) in [6, 6.07) is 0. The van der Waals surface area contributed by atoms with Gasteiger partial charge in [-0.1, -0.05) is 20.3 Å². The summed E-state index contributed by atoms with van der Waals surface area (Å²) in [6.07, 6.45) is 3.17. The van der Waals surface area contributed by atoms with Gasteiger partial charge >= 0.3 is 5.97 Å². The fourth-order valence-corrected chi connectivity index (χ4v) is 3.04. The number of carbonyl (C=O) groups excluding carboxylic acids is 1. The highest BCUT2D eigenvalue weighted by Gasteiger charge is 2.36. The molecule has 0 aromatic heterocycles. The first kappa shape index (κ1) is 15.5. The molecule has 3 unspecified atom stereocenters. The molecule has 3 atom stereocenters. The molecule has 0 aromatic carbocycles. The Balaban J connectivity index is 2.53. The predicted octanol–water partition coefficient (Wildman–Crippen LogP) is 3.15. The zero-order valence-electron chi connectivity index (χ0n) is 12.4. The van der Waals surface area contributed by atoms with Crippen molar-refractivity contribution in [1.29, 1.82) is 0 Å². The fourth-order valence-electron chi connectivity index (χ4n) is 3.04. The summed E-state index contributed by atoms with van der Waals surface area (Å²) in [5.41, 5.74) is -0.439. The average molecular weight is 256 g/mol. The van der Waals surface area contributed by atoms with Crippen LogP contribution < -0.4 is 0 Å². The molecule has 106 valence electrons. The second kappa shape index (κ2) is 6.05. The summed E-state index contributed by atoms with van der Waals surface area (Å²) in [5, 5.41) is 9.83. The predicted molar refractivity (Wildman–Crippen MR) is 72.1 cm³/mol. The number of aliphatic hydroxyl groups is 1. The lowest BCUT2D eigenvalue weighted by molar-refractivity contribution is -0.163. The van der Waals surface area contributed by atoms with E-state index in [1.807, 2.05) is 20.8 Å². The summed E-state index contributed by atoms with van der Waals surface area (Å²) >= 11 is 0. The molecule has 0 aromatic rings. The van der Waals surface area contributed by atoms with Crippen molar-refractivity contribution in [3.8, 4) is 0 Å². The van der Waals surface area contributed by atoms with Gasteiger partial charge in [-0.05, 0) is 46.0 Å². The Kier molecular flexibility index (Phi) is 5.20. The smallest absolute Gasteiger partial charge is 0.311 e. The van der Waals surface area contributed by atoms with Crippen LogP contribution in [0.1, 0.15) is 60.3 Å². The van der Waals surface area contributed by atoms with Gasteiger partial charge in [-0.25, -0.2) is 0 Å². The van der Waals surface area contributed by atoms with Gasteiger partial charge in [0, 0.05) is 5.92 Å². The van der Waals surface area contributed by atoms with Crippen molar-refractivity contribution >= 4 is 5.97 Å². The maximum atomic E-state index is 12.2. The van der Waals surface area contributed by atoms with Crippen LogP contribution in [0.4, 0.5) is 0 Å². The van der Waals surface area contributed by atoms with E-state index >= 15 is 0 Å². The van der Waals surface area contributed by atoms with Gasteiger partial charge < -0.3 is 9.84 Å². The van der Waals surface area contributed by atoms with Crippen LogP contribution in [0.5, 0.6) is 0 Å². The molecule has 18 heavy (non-hydrogen) atoms. The molecule has 0 saturated heterocycles. The Labute approximate surface area is 111 Å². The summed E-state index contributed by atoms with van der Waals surface area (Å²) in [4.78, 5) is 12.2. The molecule has 1 aliphatic rings. The summed E-state index contributed by atoms with van der Waals surface area (Å²) in [7, 11) is 0. The normalized spacial score (nSPS) is 26.4. The van der Waals surface area contributed by atoms with Gasteiger partial charge in [0.1, 0.15) is 6.10 Å². The summed E-state index contributed by atoms with van der Waals surface area (Å²) < 4.78 is 5.57. The number of carbonyl (C=O) groups is 1. The number of rotatable bonds is 5. The number of ether oxygens (including phenoxy) is 1. The third-order valence-electron chi connectivity index (χ3n) is 3.90. The molecule has 0 spiro atoms. The van der Waals surface area contributed by atoms with Crippen molar-refractivity contribution < 1.29 is 14.6 Å². The second-order valence-corrected chi connectivity index (χ2v) is 6.75. The highest BCUT2D eigenvalue weighted by Crippen LogP contribution is 2.32. The minimum Gasteiger partial charge on any atom is -0.462 e. The van der Waals surface area contributed by atoms with E-state index < -0.39 is 5.41 Å². The van der Waals surface area contributed by atoms with E-state index in [-0.39, 0.29) is 24.1 Å². The first-order valence-electron chi connectivity index (χ1n) is 7.13.